The van der Waals surface area contributed by atoms with Crippen LogP contribution in [0, 0.1) is 5.82 Å². The average Bonchev–Trinajstić information content (AvgIpc) is 3.28. The molecule has 0 saturated heterocycles. The number of halogens is 1. The largest absolute Gasteiger partial charge is 0.480 e. The van der Waals surface area contributed by atoms with E-state index in [1.807, 2.05) is 6.92 Å². The van der Waals surface area contributed by atoms with Gasteiger partial charge in [0, 0.05) is 30.9 Å². The Morgan fingerprint density at radius 3 is 2.19 bits per heavy atom. The van der Waals surface area contributed by atoms with Crippen molar-refractivity contribution in [2.45, 2.75) is 76.8 Å². The fourth-order valence-electron chi connectivity index (χ4n) is 4.71. The van der Waals surface area contributed by atoms with Crippen LogP contribution >= 0.6 is 0 Å². The molecule has 32 heavy (non-hydrogen) atoms. The van der Waals surface area contributed by atoms with Crippen LogP contribution in [0.25, 0.3) is 0 Å². The lowest BCUT2D eigenvalue weighted by Gasteiger charge is -2.25. The van der Waals surface area contributed by atoms with Gasteiger partial charge < -0.3 is 21.1 Å². The van der Waals surface area contributed by atoms with Crippen molar-refractivity contribution < 1.29 is 19.1 Å². The monoisotopic (exact) mass is 448 g/mol. The molecule has 3 rings (SSSR count). The average molecular weight is 449 g/mol. The maximum atomic E-state index is 15.0. The molecule has 4 N–H and O–H groups in total. The molecule has 0 radical (unpaired) electrons. The van der Waals surface area contributed by atoms with Crippen LogP contribution < -0.4 is 16.0 Å². The van der Waals surface area contributed by atoms with E-state index in [-0.39, 0.29) is 18.5 Å². The first kappa shape index (κ1) is 24.3. The molecular weight excluding hydrogens is 411 g/mol. The lowest BCUT2D eigenvalue weighted by Crippen LogP contribution is -2.37. The molecular formula is C24H37FN4O3. The molecule has 7 nitrogen and oxygen atoms in total. The lowest BCUT2D eigenvalue weighted by atomic mass is 9.95. The number of hydrogen-bond donors (Lipinski definition) is 4. The second-order valence-corrected chi connectivity index (χ2v) is 9.00. The van der Waals surface area contributed by atoms with Gasteiger partial charge in [-0.2, -0.15) is 0 Å². The molecule has 2 aliphatic rings. The number of carbonyl (C=O) groups is 2. The Labute approximate surface area is 190 Å². The van der Waals surface area contributed by atoms with Crippen molar-refractivity contribution in [3.8, 4) is 0 Å². The number of likely N-dealkylation sites (N-methyl/N-ethyl adjacent to an activating group) is 1. The molecule has 0 unspecified atom stereocenters. The number of benzene rings is 1. The third-order valence-corrected chi connectivity index (χ3v) is 6.55. The summed E-state index contributed by atoms with van der Waals surface area (Å²) in [6, 6.07) is 3.64. The molecule has 1 amide bonds. The molecule has 1 aromatic rings. The molecule has 1 aromatic carbocycles. The maximum absolute atomic E-state index is 15.0. The minimum atomic E-state index is -0.899. The van der Waals surface area contributed by atoms with E-state index in [9.17, 15) is 14.0 Å². The van der Waals surface area contributed by atoms with Crippen LogP contribution in [0.3, 0.4) is 0 Å². The number of anilines is 2. The standard InChI is InChI=1S/C24H37FN4O3/c1-2-29(16-23(30)31)13-12-26-24(32)19-14-20(25)22(28-18-8-4-3-5-9-18)15-21(19)27-17-10-6-7-11-17/h14-15,17-18,27-28H,2-13,16H2,1H3,(H,26,32)(H,30,31). The molecule has 2 fully saturated rings. The Morgan fingerprint density at radius 2 is 1.59 bits per heavy atom. The van der Waals surface area contributed by atoms with E-state index in [0.717, 1.165) is 51.4 Å². The van der Waals surface area contributed by atoms with Gasteiger partial charge in [0.05, 0.1) is 17.8 Å². The lowest BCUT2D eigenvalue weighted by molar-refractivity contribution is -0.138. The van der Waals surface area contributed by atoms with E-state index in [0.29, 0.717) is 42.6 Å². The van der Waals surface area contributed by atoms with E-state index >= 15 is 0 Å². The van der Waals surface area contributed by atoms with Crippen LogP contribution in [0.1, 0.15) is 75.1 Å². The van der Waals surface area contributed by atoms with Gasteiger partial charge in [-0.25, -0.2) is 4.39 Å². The third-order valence-electron chi connectivity index (χ3n) is 6.55. The van der Waals surface area contributed by atoms with Gasteiger partial charge in [0.15, 0.2) is 0 Å². The number of hydrogen-bond acceptors (Lipinski definition) is 5. The van der Waals surface area contributed by atoms with Crippen LogP contribution in [0.15, 0.2) is 12.1 Å². The van der Waals surface area contributed by atoms with Gasteiger partial charge in [0.2, 0.25) is 0 Å². The van der Waals surface area contributed by atoms with Crippen molar-refractivity contribution in [1.29, 1.82) is 0 Å². The normalized spacial score (nSPS) is 17.5. The molecule has 0 aromatic heterocycles. The number of amides is 1. The van der Waals surface area contributed by atoms with E-state index in [2.05, 4.69) is 16.0 Å². The fourth-order valence-corrected chi connectivity index (χ4v) is 4.71. The first-order valence-corrected chi connectivity index (χ1v) is 12.0. The highest BCUT2D eigenvalue weighted by Gasteiger charge is 2.22. The summed E-state index contributed by atoms with van der Waals surface area (Å²) in [7, 11) is 0. The summed E-state index contributed by atoms with van der Waals surface area (Å²) in [6.07, 6.45) is 10.0. The third kappa shape index (κ3) is 7.08. The number of carboxylic acid groups (broad SMARTS) is 1. The number of carboxylic acids is 1. The minimum absolute atomic E-state index is 0.0724. The van der Waals surface area contributed by atoms with Gasteiger partial charge >= 0.3 is 5.97 Å². The quantitative estimate of drug-likeness (QED) is 0.408. The summed E-state index contributed by atoms with van der Waals surface area (Å²) >= 11 is 0. The summed E-state index contributed by atoms with van der Waals surface area (Å²) in [4.78, 5) is 25.6. The summed E-state index contributed by atoms with van der Waals surface area (Å²) in [5.41, 5.74) is 1.41. The number of nitrogens with one attached hydrogen (secondary N) is 3. The van der Waals surface area contributed by atoms with Gasteiger partial charge in [0.1, 0.15) is 5.82 Å². The summed E-state index contributed by atoms with van der Waals surface area (Å²) in [5, 5.41) is 18.6. The predicted molar refractivity (Wildman–Crippen MR) is 125 cm³/mol. The van der Waals surface area contributed by atoms with Gasteiger partial charge in [-0.15, -0.1) is 0 Å². The Hall–Kier alpha value is -2.35. The Bertz CT molecular complexity index is 777. The second-order valence-electron chi connectivity index (χ2n) is 9.00. The SMILES string of the molecule is CCN(CCNC(=O)c1cc(F)c(NC2CCCCC2)cc1NC1CCCC1)CC(=O)O. The first-order chi connectivity index (χ1) is 15.5. The molecule has 2 aliphatic carbocycles. The highest BCUT2D eigenvalue weighted by Crippen LogP contribution is 2.30. The van der Waals surface area contributed by atoms with Gasteiger partial charge in [0.25, 0.3) is 5.91 Å². The van der Waals surface area contributed by atoms with Crippen LogP contribution in [0.4, 0.5) is 15.8 Å². The van der Waals surface area contributed by atoms with E-state index in [1.165, 1.54) is 12.5 Å². The highest BCUT2D eigenvalue weighted by molar-refractivity contribution is 6.00. The molecule has 2 saturated carbocycles. The van der Waals surface area contributed by atoms with Crippen LogP contribution in [-0.4, -0.2) is 60.1 Å². The molecule has 8 heteroatoms. The number of aliphatic carboxylic acids is 1. The van der Waals surface area contributed by atoms with Crippen molar-refractivity contribution in [3.63, 3.8) is 0 Å². The zero-order chi connectivity index (χ0) is 22.9. The molecule has 0 aliphatic heterocycles. The number of carbonyl (C=O) groups excluding carboxylic acids is 1. The Kier molecular flexibility index (Phi) is 9.14. The van der Waals surface area contributed by atoms with E-state index in [1.54, 1.807) is 11.0 Å². The fraction of sp³-hybridized carbons (Fsp3) is 0.667. The minimum Gasteiger partial charge on any atom is -0.480 e. The maximum Gasteiger partial charge on any atom is 0.317 e. The van der Waals surface area contributed by atoms with Gasteiger partial charge in [-0.3, -0.25) is 14.5 Å². The molecule has 178 valence electrons. The molecule has 0 bridgehead atoms. The molecule has 0 heterocycles. The second kappa shape index (κ2) is 12.0. The highest BCUT2D eigenvalue weighted by atomic mass is 19.1. The van der Waals surface area contributed by atoms with Crippen LogP contribution in [0.5, 0.6) is 0 Å². The van der Waals surface area contributed by atoms with Crippen molar-refractivity contribution in [1.82, 2.24) is 10.2 Å². The van der Waals surface area contributed by atoms with Crippen LogP contribution in [0.2, 0.25) is 0 Å². The van der Waals surface area contributed by atoms with Crippen LogP contribution in [-0.2, 0) is 4.79 Å². The van der Waals surface area contributed by atoms with Crippen molar-refractivity contribution >= 4 is 23.3 Å². The first-order valence-electron chi connectivity index (χ1n) is 12.0. The smallest absolute Gasteiger partial charge is 0.317 e. The van der Waals surface area contributed by atoms with E-state index in [4.69, 9.17) is 5.11 Å². The topological polar surface area (TPSA) is 93.7 Å². The van der Waals surface area contributed by atoms with Crippen molar-refractivity contribution in [2.24, 2.45) is 0 Å². The van der Waals surface area contributed by atoms with Crippen molar-refractivity contribution in [2.75, 3.05) is 36.8 Å². The Balaban J connectivity index is 1.71. The van der Waals surface area contributed by atoms with Gasteiger partial charge in [-0.05, 0) is 44.4 Å². The number of nitrogens with zero attached hydrogens (tertiary/aromatic N) is 1. The van der Waals surface area contributed by atoms with Crippen molar-refractivity contribution in [3.05, 3.63) is 23.5 Å². The zero-order valence-corrected chi connectivity index (χ0v) is 19.1. The van der Waals surface area contributed by atoms with Gasteiger partial charge in [-0.1, -0.05) is 39.0 Å². The Morgan fingerprint density at radius 1 is 1.00 bits per heavy atom. The number of rotatable bonds is 11. The predicted octanol–water partition coefficient (Wildman–Crippen LogP) is 4.06. The summed E-state index contributed by atoms with van der Waals surface area (Å²) in [5.74, 6) is -1.66. The molecule has 0 spiro atoms. The summed E-state index contributed by atoms with van der Waals surface area (Å²) in [6.45, 7) is 3.10. The summed E-state index contributed by atoms with van der Waals surface area (Å²) < 4.78 is 15.0. The molecule has 0 atom stereocenters. The zero-order valence-electron chi connectivity index (χ0n) is 19.1. The van der Waals surface area contributed by atoms with E-state index < -0.39 is 11.8 Å².